The molecule has 0 unspecified atom stereocenters. The van der Waals surface area contributed by atoms with Crippen LogP contribution >= 0.6 is 22.9 Å². The van der Waals surface area contributed by atoms with Crippen LogP contribution in [0.3, 0.4) is 0 Å². The summed E-state index contributed by atoms with van der Waals surface area (Å²) in [5, 5.41) is 4.59. The van der Waals surface area contributed by atoms with Gasteiger partial charge in [0, 0.05) is 9.90 Å². The molecule has 1 aromatic heterocycles. The van der Waals surface area contributed by atoms with E-state index in [2.05, 4.69) is 10.5 Å². The standard InChI is InChI=1S/C15H15ClN2O2S/c1-9-4-7-14(21-9)10(2)17-18-15(19)12-8-11(16)5-6-13(12)20-3/h4-8H,1-3H3,(H,18,19)/b17-10-. The predicted molar refractivity (Wildman–Crippen MR) is 86.7 cm³/mol. The molecule has 21 heavy (non-hydrogen) atoms. The van der Waals surface area contributed by atoms with Crippen LogP contribution in [0.4, 0.5) is 0 Å². The van der Waals surface area contributed by atoms with Gasteiger partial charge in [0.2, 0.25) is 0 Å². The summed E-state index contributed by atoms with van der Waals surface area (Å²) >= 11 is 7.54. The van der Waals surface area contributed by atoms with Gasteiger partial charge in [-0.15, -0.1) is 11.3 Å². The molecular weight excluding hydrogens is 308 g/mol. The zero-order valence-electron chi connectivity index (χ0n) is 11.9. The Labute approximate surface area is 132 Å². The number of nitrogens with zero attached hydrogens (tertiary/aromatic N) is 1. The average Bonchev–Trinajstić information content (AvgIpc) is 2.91. The van der Waals surface area contributed by atoms with E-state index in [0.717, 1.165) is 10.6 Å². The number of halogens is 1. The van der Waals surface area contributed by atoms with Crippen LogP contribution in [0.15, 0.2) is 35.4 Å². The third-order valence-corrected chi connectivity index (χ3v) is 4.17. The summed E-state index contributed by atoms with van der Waals surface area (Å²) < 4.78 is 5.15. The number of carbonyl (C=O) groups excluding carboxylic acids is 1. The smallest absolute Gasteiger partial charge is 0.275 e. The Hall–Kier alpha value is -1.85. The van der Waals surface area contributed by atoms with E-state index >= 15 is 0 Å². The normalized spacial score (nSPS) is 11.3. The summed E-state index contributed by atoms with van der Waals surface area (Å²) in [7, 11) is 1.50. The zero-order valence-corrected chi connectivity index (χ0v) is 13.5. The minimum Gasteiger partial charge on any atom is -0.496 e. The molecule has 0 saturated heterocycles. The van der Waals surface area contributed by atoms with Crippen molar-refractivity contribution in [1.29, 1.82) is 0 Å². The number of methoxy groups -OCH3 is 1. The van der Waals surface area contributed by atoms with Crippen molar-refractivity contribution in [3.05, 3.63) is 50.7 Å². The molecule has 0 saturated carbocycles. The zero-order chi connectivity index (χ0) is 15.4. The van der Waals surface area contributed by atoms with Crippen LogP contribution in [0.5, 0.6) is 5.75 Å². The average molecular weight is 323 g/mol. The number of ether oxygens (including phenoxy) is 1. The van der Waals surface area contributed by atoms with Gasteiger partial charge in [-0.1, -0.05) is 11.6 Å². The van der Waals surface area contributed by atoms with E-state index < -0.39 is 0 Å². The molecule has 2 rings (SSSR count). The molecule has 6 heteroatoms. The predicted octanol–water partition coefficient (Wildman–Crippen LogP) is 3.87. The van der Waals surface area contributed by atoms with Crippen LogP contribution in [0, 0.1) is 6.92 Å². The summed E-state index contributed by atoms with van der Waals surface area (Å²) in [4.78, 5) is 14.4. The molecule has 2 aromatic rings. The first-order valence-electron chi connectivity index (χ1n) is 6.26. The Morgan fingerprint density at radius 3 is 2.71 bits per heavy atom. The molecule has 0 spiro atoms. The molecule has 1 aromatic carbocycles. The highest BCUT2D eigenvalue weighted by Crippen LogP contribution is 2.22. The fourth-order valence-corrected chi connectivity index (χ4v) is 2.72. The van der Waals surface area contributed by atoms with Crippen molar-refractivity contribution in [2.45, 2.75) is 13.8 Å². The second-order valence-corrected chi connectivity index (χ2v) is 6.12. The van der Waals surface area contributed by atoms with Gasteiger partial charge in [-0.3, -0.25) is 4.79 Å². The maximum Gasteiger partial charge on any atom is 0.275 e. The largest absolute Gasteiger partial charge is 0.496 e. The van der Waals surface area contributed by atoms with Gasteiger partial charge in [-0.2, -0.15) is 5.10 Å². The molecule has 4 nitrogen and oxygen atoms in total. The number of nitrogens with one attached hydrogen (secondary N) is 1. The second-order valence-electron chi connectivity index (χ2n) is 4.39. The second kappa shape index (κ2) is 6.74. The monoisotopic (exact) mass is 322 g/mol. The lowest BCUT2D eigenvalue weighted by molar-refractivity contribution is 0.0952. The first-order valence-corrected chi connectivity index (χ1v) is 7.45. The molecule has 0 atom stereocenters. The molecule has 1 heterocycles. The molecule has 0 bridgehead atoms. The lowest BCUT2D eigenvalue weighted by atomic mass is 10.2. The third-order valence-electron chi connectivity index (χ3n) is 2.83. The summed E-state index contributed by atoms with van der Waals surface area (Å²) in [6.07, 6.45) is 0. The third kappa shape index (κ3) is 3.83. The molecule has 1 N–H and O–H groups in total. The number of aryl methyl sites for hydroxylation is 1. The number of hydrazone groups is 1. The van der Waals surface area contributed by atoms with E-state index in [9.17, 15) is 4.79 Å². The van der Waals surface area contributed by atoms with Crippen LogP contribution in [-0.2, 0) is 0 Å². The topological polar surface area (TPSA) is 50.7 Å². The number of amides is 1. The van der Waals surface area contributed by atoms with E-state index in [1.54, 1.807) is 29.5 Å². The molecule has 0 aliphatic carbocycles. The van der Waals surface area contributed by atoms with Crippen LogP contribution in [0.2, 0.25) is 5.02 Å². The number of thiophene rings is 1. The quantitative estimate of drug-likeness (QED) is 0.686. The number of hydrogen-bond acceptors (Lipinski definition) is 4. The van der Waals surface area contributed by atoms with Crippen molar-refractivity contribution in [2.24, 2.45) is 5.10 Å². The van der Waals surface area contributed by atoms with Crippen molar-refractivity contribution < 1.29 is 9.53 Å². The van der Waals surface area contributed by atoms with Gasteiger partial charge in [-0.25, -0.2) is 5.43 Å². The van der Waals surface area contributed by atoms with Gasteiger partial charge in [0.25, 0.3) is 5.91 Å². The molecule has 110 valence electrons. The fraction of sp³-hybridized carbons (Fsp3) is 0.200. The van der Waals surface area contributed by atoms with Crippen molar-refractivity contribution in [3.8, 4) is 5.75 Å². The minimum absolute atomic E-state index is 0.351. The van der Waals surface area contributed by atoms with Crippen LogP contribution < -0.4 is 10.2 Å². The van der Waals surface area contributed by atoms with Gasteiger partial charge in [0.15, 0.2) is 0 Å². The van der Waals surface area contributed by atoms with E-state index in [1.165, 1.54) is 12.0 Å². The van der Waals surface area contributed by atoms with Crippen molar-refractivity contribution in [3.63, 3.8) is 0 Å². The molecule has 1 amide bonds. The lowest BCUT2D eigenvalue weighted by Crippen LogP contribution is -2.19. The number of hydrogen-bond donors (Lipinski definition) is 1. The Morgan fingerprint density at radius 1 is 1.33 bits per heavy atom. The lowest BCUT2D eigenvalue weighted by Gasteiger charge is -2.07. The van der Waals surface area contributed by atoms with E-state index in [1.807, 2.05) is 26.0 Å². The Morgan fingerprint density at radius 2 is 2.10 bits per heavy atom. The van der Waals surface area contributed by atoms with Gasteiger partial charge >= 0.3 is 0 Å². The molecular formula is C15H15ClN2O2S. The van der Waals surface area contributed by atoms with E-state index in [4.69, 9.17) is 16.3 Å². The highest BCUT2D eigenvalue weighted by Gasteiger charge is 2.12. The maximum absolute atomic E-state index is 12.2. The van der Waals surface area contributed by atoms with Crippen molar-refractivity contribution in [1.82, 2.24) is 5.43 Å². The SMILES string of the molecule is COc1ccc(Cl)cc1C(=O)N/N=C(/C)c1ccc(C)s1. The molecule has 0 aliphatic rings. The summed E-state index contributed by atoms with van der Waals surface area (Å²) in [5.41, 5.74) is 3.63. The van der Waals surface area contributed by atoms with Gasteiger partial charge < -0.3 is 4.74 Å². The van der Waals surface area contributed by atoms with Crippen LogP contribution in [0.1, 0.15) is 27.0 Å². The van der Waals surface area contributed by atoms with E-state index in [-0.39, 0.29) is 5.91 Å². The van der Waals surface area contributed by atoms with Crippen molar-refractivity contribution in [2.75, 3.05) is 7.11 Å². The minimum atomic E-state index is -0.359. The van der Waals surface area contributed by atoms with Crippen LogP contribution in [0.25, 0.3) is 0 Å². The van der Waals surface area contributed by atoms with E-state index in [0.29, 0.717) is 16.3 Å². The Kier molecular flexibility index (Phi) is 4.98. The Bertz CT molecular complexity index is 695. The number of carbonyl (C=O) groups is 1. The summed E-state index contributed by atoms with van der Waals surface area (Å²) in [6.45, 7) is 3.87. The molecule has 0 fully saturated rings. The first kappa shape index (κ1) is 15.5. The molecule has 0 aliphatic heterocycles. The highest BCUT2D eigenvalue weighted by molar-refractivity contribution is 7.14. The first-order chi connectivity index (χ1) is 10.0. The number of benzene rings is 1. The van der Waals surface area contributed by atoms with Crippen LogP contribution in [-0.4, -0.2) is 18.7 Å². The molecule has 0 radical (unpaired) electrons. The van der Waals surface area contributed by atoms with Gasteiger partial charge in [-0.05, 0) is 44.2 Å². The maximum atomic E-state index is 12.2. The Balaban J connectivity index is 2.17. The number of rotatable bonds is 4. The van der Waals surface area contributed by atoms with Gasteiger partial charge in [0.05, 0.1) is 23.3 Å². The summed E-state index contributed by atoms with van der Waals surface area (Å²) in [5.74, 6) is 0.0960. The van der Waals surface area contributed by atoms with Gasteiger partial charge in [0.1, 0.15) is 5.75 Å². The highest BCUT2D eigenvalue weighted by atomic mass is 35.5. The summed E-state index contributed by atoms with van der Waals surface area (Å²) in [6, 6.07) is 8.86. The fourth-order valence-electron chi connectivity index (χ4n) is 1.74. The van der Waals surface area contributed by atoms with Crippen molar-refractivity contribution >= 4 is 34.6 Å².